The lowest BCUT2D eigenvalue weighted by Crippen LogP contribution is -2.11. The van der Waals surface area contributed by atoms with Crippen LogP contribution < -0.4 is 4.74 Å². The van der Waals surface area contributed by atoms with Gasteiger partial charge < -0.3 is 19.0 Å². The molecule has 0 unspecified atom stereocenters. The van der Waals surface area contributed by atoms with Crippen LogP contribution in [0.4, 0.5) is 13.2 Å². The Morgan fingerprint density at radius 2 is 2.07 bits per heavy atom. The van der Waals surface area contributed by atoms with Crippen molar-refractivity contribution >= 4 is 22.7 Å². The average molecular weight is 410 g/mol. The van der Waals surface area contributed by atoms with Crippen LogP contribution in [0.5, 0.6) is 11.6 Å². The van der Waals surface area contributed by atoms with Gasteiger partial charge in [-0.15, -0.1) is 0 Å². The van der Waals surface area contributed by atoms with E-state index in [1.54, 1.807) is 13.0 Å². The first kappa shape index (κ1) is 20.1. The molecule has 8 nitrogen and oxygen atoms in total. The summed E-state index contributed by atoms with van der Waals surface area (Å²) in [7, 11) is 0. The molecule has 0 radical (unpaired) electrons. The maximum Gasteiger partial charge on any atom is 0.417 e. The summed E-state index contributed by atoms with van der Waals surface area (Å²) in [4.78, 5) is 29.8. The fourth-order valence-corrected chi connectivity index (χ4v) is 2.54. The lowest BCUT2D eigenvalue weighted by atomic mass is 10.1. The first-order valence-corrected chi connectivity index (χ1v) is 8.18. The average Bonchev–Trinajstić information content (AvgIpc) is 3.23. The minimum atomic E-state index is -4.55. The van der Waals surface area contributed by atoms with E-state index >= 15 is 0 Å². The molecule has 1 aliphatic heterocycles. The van der Waals surface area contributed by atoms with E-state index in [1.807, 2.05) is 0 Å². The van der Waals surface area contributed by atoms with E-state index in [0.717, 1.165) is 12.3 Å². The van der Waals surface area contributed by atoms with E-state index < -0.39 is 29.1 Å². The van der Waals surface area contributed by atoms with E-state index in [1.165, 1.54) is 12.4 Å². The van der Waals surface area contributed by atoms with Crippen LogP contribution in [0.1, 0.15) is 33.4 Å². The number of ketones is 1. The molecule has 0 bridgehead atoms. The molecule has 3 aromatic rings. The molecule has 1 N–H and O–H groups in total. The van der Waals surface area contributed by atoms with Gasteiger partial charge >= 0.3 is 12.1 Å². The number of rotatable bonds is 2. The molecule has 0 saturated carbocycles. The van der Waals surface area contributed by atoms with E-state index in [9.17, 15) is 27.9 Å². The number of ether oxygens (including phenoxy) is 2. The third kappa shape index (κ3) is 3.98. The molecule has 0 amide bonds. The number of alkyl halides is 3. The second-order valence-electron chi connectivity index (χ2n) is 5.62. The van der Waals surface area contributed by atoms with Gasteiger partial charge in [-0.05, 0) is 19.1 Å². The summed E-state index contributed by atoms with van der Waals surface area (Å²) < 4.78 is 51.7. The van der Waals surface area contributed by atoms with Crippen molar-refractivity contribution < 1.29 is 41.8 Å². The SMILES string of the molecule is CCOC(=O)c1oc2cnccc2c1O.O=C1COc2nccc(C(F)(F)F)c21. The second-order valence-corrected chi connectivity index (χ2v) is 5.62. The normalized spacial score (nSPS) is 12.8. The highest BCUT2D eigenvalue weighted by Gasteiger charge is 2.39. The topological polar surface area (TPSA) is 112 Å². The van der Waals surface area contributed by atoms with Crippen molar-refractivity contribution in [2.45, 2.75) is 13.1 Å². The summed E-state index contributed by atoms with van der Waals surface area (Å²) in [6, 6.07) is 2.34. The Bertz CT molecular complexity index is 1080. The zero-order valence-corrected chi connectivity index (χ0v) is 14.8. The van der Waals surface area contributed by atoms with Gasteiger partial charge in [-0.2, -0.15) is 13.2 Å². The third-order valence-electron chi connectivity index (χ3n) is 3.77. The van der Waals surface area contributed by atoms with Crippen LogP contribution in [0.25, 0.3) is 11.0 Å². The van der Waals surface area contributed by atoms with Crippen LogP contribution in [-0.4, -0.2) is 40.0 Å². The van der Waals surface area contributed by atoms with Crippen LogP contribution in [0, 0.1) is 0 Å². The van der Waals surface area contributed by atoms with E-state index in [4.69, 9.17) is 9.15 Å². The largest absolute Gasteiger partial charge is 0.504 e. The lowest BCUT2D eigenvalue weighted by Gasteiger charge is -2.08. The predicted octanol–water partition coefficient (Wildman–Crippen LogP) is 3.39. The molecule has 11 heteroatoms. The number of pyridine rings is 2. The molecule has 4 heterocycles. The predicted molar refractivity (Wildman–Crippen MR) is 90.7 cm³/mol. The molecule has 152 valence electrons. The van der Waals surface area contributed by atoms with Gasteiger partial charge in [0.15, 0.2) is 17.9 Å². The van der Waals surface area contributed by atoms with Crippen molar-refractivity contribution in [3.8, 4) is 11.6 Å². The first-order chi connectivity index (χ1) is 13.7. The van der Waals surface area contributed by atoms with Gasteiger partial charge in [-0.1, -0.05) is 0 Å². The number of fused-ring (bicyclic) bond motifs is 2. The van der Waals surface area contributed by atoms with Crippen molar-refractivity contribution in [1.82, 2.24) is 9.97 Å². The zero-order chi connectivity index (χ0) is 21.2. The van der Waals surface area contributed by atoms with Gasteiger partial charge in [0.25, 0.3) is 5.76 Å². The molecule has 0 saturated heterocycles. The fourth-order valence-electron chi connectivity index (χ4n) is 2.54. The van der Waals surface area contributed by atoms with Crippen LogP contribution in [-0.2, 0) is 10.9 Å². The van der Waals surface area contributed by atoms with Gasteiger partial charge in [-0.25, -0.2) is 9.78 Å². The third-order valence-corrected chi connectivity index (χ3v) is 3.77. The smallest absolute Gasteiger partial charge is 0.417 e. The minimum Gasteiger partial charge on any atom is -0.504 e. The molecule has 0 aliphatic carbocycles. The molecule has 29 heavy (non-hydrogen) atoms. The van der Waals surface area contributed by atoms with Gasteiger partial charge in [0.05, 0.1) is 29.3 Å². The number of halogens is 3. The van der Waals surface area contributed by atoms with Gasteiger partial charge in [0.2, 0.25) is 11.7 Å². The molecule has 0 atom stereocenters. The van der Waals surface area contributed by atoms with E-state index in [-0.39, 0.29) is 30.6 Å². The fraction of sp³-hybridized carbons (Fsp3) is 0.222. The number of Topliss-reactive ketones (excluding diaryl/α,β-unsaturated/α-hetero) is 1. The monoisotopic (exact) mass is 410 g/mol. The number of carbonyl (C=O) groups excluding carboxylic acids is 2. The Kier molecular flexibility index (Phi) is 5.39. The number of aromatic nitrogens is 2. The number of aromatic hydroxyl groups is 1. The lowest BCUT2D eigenvalue weighted by molar-refractivity contribution is -0.138. The Hall–Kier alpha value is -3.63. The van der Waals surface area contributed by atoms with Gasteiger partial charge in [-0.3, -0.25) is 9.78 Å². The Morgan fingerprint density at radius 3 is 2.72 bits per heavy atom. The van der Waals surface area contributed by atoms with Crippen LogP contribution >= 0.6 is 0 Å². The van der Waals surface area contributed by atoms with Crippen LogP contribution in [0.3, 0.4) is 0 Å². The molecule has 4 rings (SSSR count). The minimum absolute atomic E-state index is 0.181. The summed E-state index contributed by atoms with van der Waals surface area (Å²) in [5.74, 6) is -1.97. The zero-order valence-electron chi connectivity index (χ0n) is 14.8. The molecule has 0 fully saturated rings. The summed E-state index contributed by atoms with van der Waals surface area (Å²) in [5.41, 5.74) is -1.08. The Morgan fingerprint density at radius 1 is 1.31 bits per heavy atom. The van der Waals surface area contributed by atoms with Crippen LogP contribution in [0.15, 0.2) is 35.1 Å². The molecule has 0 aromatic carbocycles. The quantitative estimate of drug-likeness (QED) is 0.640. The van der Waals surface area contributed by atoms with E-state index in [0.29, 0.717) is 11.0 Å². The summed E-state index contributed by atoms with van der Waals surface area (Å²) in [5, 5.41) is 10.1. The summed E-state index contributed by atoms with van der Waals surface area (Å²) >= 11 is 0. The Balaban J connectivity index is 0.000000166. The van der Waals surface area contributed by atoms with Crippen molar-refractivity contribution in [2.24, 2.45) is 0 Å². The number of furan rings is 1. The molecular weight excluding hydrogens is 397 g/mol. The number of carbonyl (C=O) groups is 2. The van der Waals surface area contributed by atoms with Crippen molar-refractivity contribution in [3.63, 3.8) is 0 Å². The molecule has 0 spiro atoms. The first-order valence-electron chi connectivity index (χ1n) is 8.18. The Labute approximate surface area is 160 Å². The second kappa shape index (κ2) is 7.78. The molecular formula is C18H13F3N2O6. The highest BCUT2D eigenvalue weighted by atomic mass is 19.4. The van der Waals surface area contributed by atoms with Crippen molar-refractivity contribution in [1.29, 1.82) is 0 Å². The maximum absolute atomic E-state index is 12.4. The summed E-state index contributed by atoms with van der Waals surface area (Å²) in [6.07, 6.45) is -0.638. The van der Waals surface area contributed by atoms with E-state index in [2.05, 4.69) is 14.7 Å². The maximum atomic E-state index is 12.4. The number of hydrogen-bond acceptors (Lipinski definition) is 8. The van der Waals surface area contributed by atoms with Crippen LogP contribution in [0.2, 0.25) is 0 Å². The summed E-state index contributed by atoms with van der Waals surface area (Å²) in [6.45, 7) is 1.54. The number of esters is 1. The van der Waals surface area contributed by atoms with Crippen molar-refractivity contribution in [3.05, 3.63) is 47.6 Å². The standard InChI is InChI=1S/C10H9NO4.C8H4F3NO2/c1-2-14-10(13)9-8(12)6-3-4-11-5-7(6)15-9;9-8(10,11)4-1-2-12-7-6(4)5(13)3-14-7/h3-5,12H,2H2,1H3;1-2H,3H2. The molecule has 3 aromatic heterocycles. The molecule has 1 aliphatic rings. The van der Waals surface area contributed by atoms with Gasteiger partial charge in [0, 0.05) is 12.4 Å². The highest BCUT2D eigenvalue weighted by Crippen LogP contribution is 2.37. The highest BCUT2D eigenvalue weighted by molar-refractivity contribution is 6.03. The van der Waals surface area contributed by atoms with Gasteiger partial charge in [0.1, 0.15) is 0 Å². The number of nitrogens with zero attached hydrogens (tertiary/aromatic N) is 2. The van der Waals surface area contributed by atoms with Crippen molar-refractivity contribution in [2.75, 3.05) is 13.2 Å². The number of hydrogen-bond donors (Lipinski definition) is 1.